The molecule has 1 aliphatic heterocycles. The molecule has 0 spiro atoms. The van der Waals surface area contributed by atoms with Crippen molar-refractivity contribution in [1.82, 2.24) is 0 Å². The molecular formula is C18H21N4O4+. The minimum atomic E-state index is -0.469. The number of nitro groups is 1. The summed E-state index contributed by atoms with van der Waals surface area (Å²) in [5, 5.41) is 22.8. The number of anilines is 2. The number of hydrogen-bond acceptors (Lipinski definition) is 5. The Morgan fingerprint density at radius 1 is 1.12 bits per heavy atom. The molecule has 3 N–H and O–H groups in total. The molecule has 1 aliphatic rings. The number of rotatable bonds is 5. The van der Waals surface area contributed by atoms with Crippen LogP contribution in [-0.4, -0.2) is 48.7 Å². The van der Waals surface area contributed by atoms with Crippen LogP contribution in [0.25, 0.3) is 0 Å². The number of phenols is 1. The lowest BCUT2D eigenvalue weighted by molar-refractivity contribution is -0.892. The number of amides is 1. The Hall–Kier alpha value is -3.13. The molecule has 8 heteroatoms. The summed E-state index contributed by atoms with van der Waals surface area (Å²) in [4.78, 5) is 25.8. The van der Waals surface area contributed by atoms with Crippen molar-refractivity contribution in [2.45, 2.75) is 0 Å². The third-order valence-electron chi connectivity index (χ3n) is 4.46. The van der Waals surface area contributed by atoms with Gasteiger partial charge in [-0.2, -0.15) is 0 Å². The maximum Gasteiger partial charge on any atom is 0.279 e. The molecule has 3 rings (SSSR count). The fourth-order valence-corrected chi connectivity index (χ4v) is 3.02. The van der Waals surface area contributed by atoms with Crippen LogP contribution in [0.15, 0.2) is 48.5 Å². The summed E-state index contributed by atoms with van der Waals surface area (Å²) < 4.78 is 0. The molecule has 26 heavy (non-hydrogen) atoms. The lowest BCUT2D eigenvalue weighted by atomic mass is 10.2. The molecule has 2 aromatic rings. The van der Waals surface area contributed by atoms with Gasteiger partial charge in [-0.25, -0.2) is 0 Å². The van der Waals surface area contributed by atoms with Crippen LogP contribution in [0.5, 0.6) is 5.75 Å². The van der Waals surface area contributed by atoms with E-state index in [1.807, 2.05) is 12.1 Å². The maximum absolute atomic E-state index is 12.2. The van der Waals surface area contributed by atoms with Gasteiger partial charge in [-0.3, -0.25) is 14.9 Å². The highest BCUT2D eigenvalue weighted by Gasteiger charge is 2.22. The fraction of sp³-hybridized carbons (Fsp3) is 0.278. The number of carbonyl (C=O) groups is 1. The van der Waals surface area contributed by atoms with E-state index in [0.29, 0.717) is 12.2 Å². The first kappa shape index (κ1) is 17.7. The second kappa shape index (κ2) is 7.83. The van der Waals surface area contributed by atoms with E-state index in [1.54, 1.807) is 12.1 Å². The van der Waals surface area contributed by atoms with E-state index in [9.17, 15) is 20.0 Å². The van der Waals surface area contributed by atoms with Crippen molar-refractivity contribution >= 4 is 23.0 Å². The van der Waals surface area contributed by atoms with Crippen molar-refractivity contribution in [2.24, 2.45) is 0 Å². The molecule has 136 valence electrons. The van der Waals surface area contributed by atoms with Gasteiger partial charge in [-0.1, -0.05) is 0 Å². The van der Waals surface area contributed by atoms with Gasteiger partial charge in [0.05, 0.1) is 31.1 Å². The maximum atomic E-state index is 12.2. The van der Waals surface area contributed by atoms with Crippen LogP contribution in [-0.2, 0) is 4.79 Å². The van der Waals surface area contributed by atoms with Crippen LogP contribution in [0.1, 0.15) is 0 Å². The first-order valence-electron chi connectivity index (χ1n) is 8.43. The van der Waals surface area contributed by atoms with E-state index in [1.165, 1.54) is 29.2 Å². The van der Waals surface area contributed by atoms with Gasteiger partial charge in [0, 0.05) is 23.5 Å². The average Bonchev–Trinajstić information content (AvgIpc) is 2.63. The molecular weight excluding hydrogens is 336 g/mol. The molecule has 0 aliphatic carbocycles. The van der Waals surface area contributed by atoms with Gasteiger partial charge in [0.2, 0.25) is 0 Å². The topological polar surface area (TPSA) is 100 Å². The minimum Gasteiger partial charge on any atom is -0.508 e. The van der Waals surface area contributed by atoms with E-state index in [4.69, 9.17) is 0 Å². The molecule has 1 heterocycles. The van der Waals surface area contributed by atoms with E-state index >= 15 is 0 Å². The van der Waals surface area contributed by atoms with Gasteiger partial charge in [-0.05, 0) is 36.4 Å². The smallest absolute Gasteiger partial charge is 0.279 e. The Labute approximate surface area is 150 Å². The molecule has 0 saturated carbocycles. The predicted molar refractivity (Wildman–Crippen MR) is 97.6 cm³/mol. The Morgan fingerprint density at radius 2 is 1.73 bits per heavy atom. The number of nitro benzene ring substituents is 1. The third-order valence-corrected chi connectivity index (χ3v) is 4.46. The van der Waals surface area contributed by atoms with Gasteiger partial charge >= 0.3 is 0 Å². The van der Waals surface area contributed by atoms with E-state index in [-0.39, 0.29) is 17.3 Å². The van der Waals surface area contributed by atoms with Crippen LogP contribution in [0.3, 0.4) is 0 Å². The second-order valence-electron chi connectivity index (χ2n) is 6.28. The van der Waals surface area contributed by atoms with Crippen molar-refractivity contribution in [3.8, 4) is 5.75 Å². The molecule has 1 fully saturated rings. The zero-order valence-electron chi connectivity index (χ0n) is 14.2. The van der Waals surface area contributed by atoms with E-state index < -0.39 is 4.92 Å². The number of benzene rings is 2. The zero-order chi connectivity index (χ0) is 18.5. The van der Waals surface area contributed by atoms with E-state index in [2.05, 4.69) is 10.2 Å². The van der Waals surface area contributed by atoms with Gasteiger partial charge < -0.3 is 20.2 Å². The summed E-state index contributed by atoms with van der Waals surface area (Å²) in [6.45, 7) is 3.72. The summed E-state index contributed by atoms with van der Waals surface area (Å²) in [5.74, 6) is 0.146. The first-order valence-corrected chi connectivity index (χ1v) is 8.43. The van der Waals surface area contributed by atoms with Crippen LogP contribution in [0.2, 0.25) is 0 Å². The summed E-state index contributed by atoms with van der Waals surface area (Å²) in [6, 6.07) is 12.9. The van der Waals surface area contributed by atoms with Gasteiger partial charge in [0.25, 0.3) is 11.6 Å². The first-order chi connectivity index (χ1) is 12.5. The average molecular weight is 357 g/mol. The van der Waals surface area contributed by atoms with Crippen molar-refractivity contribution in [3.05, 3.63) is 58.6 Å². The molecule has 0 radical (unpaired) electrons. The highest BCUT2D eigenvalue weighted by atomic mass is 16.6. The molecule has 1 amide bonds. The monoisotopic (exact) mass is 357 g/mol. The van der Waals surface area contributed by atoms with Crippen molar-refractivity contribution in [2.75, 3.05) is 42.9 Å². The summed E-state index contributed by atoms with van der Waals surface area (Å²) in [7, 11) is 0. The minimum absolute atomic E-state index is 0.000948. The predicted octanol–water partition coefficient (Wildman–Crippen LogP) is 0.644. The van der Waals surface area contributed by atoms with Crippen molar-refractivity contribution in [3.63, 3.8) is 0 Å². The number of non-ortho nitro benzene ring substituents is 1. The number of carbonyl (C=O) groups excluding carboxylic acids is 1. The number of quaternary nitrogens is 1. The zero-order valence-corrected chi connectivity index (χ0v) is 14.2. The second-order valence-corrected chi connectivity index (χ2v) is 6.28. The molecule has 8 nitrogen and oxygen atoms in total. The van der Waals surface area contributed by atoms with E-state index in [0.717, 1.165) is 31.9 Å². The number of piperazine rings is 1. The Bertz CT molecular complexity index is 769. The van der Waals surface area contributed by atoms with Crippen molar-refractivity contribution < 1.29 is 19.7 Å². The normalized spacial score (nSPS) is 14.8. The number of aromatic hydroxyl groups is 1. The standard InChI is InChI=1S/C18H20N4O4/c23-17-7-5-15(6-8-17)21-11-9-20(10-12-21)13-18(24)19-14-1-3-16(4-2-14)22(25)26/h1-8,23H,9-13H2,(H,19,24)/p+1. The van der Waals surface area contributed by atoms with Crippen LogP contribution < -0.4 is 15.1 Å². The fourth-order valence-electron chi connectivity index (χ4n) is 3.02. The SMILES string of the molecule is O=C(C[NH+]1CCN(c2ccc(O)cc2)CC1)Nc1ccc([N+](=O)[O-])cc1. The van der Waals surface area contributed by atoms with Gasteiger partial charge in [0.15, 0.2) is 6.54 Å². The Kier molecular flexibility index (Phi) is 5.33. The highest BCUT2D eigenvalue weighted by Crippen LogP contribution is 2.18. The Morgan fingerprint density at radius 3 is 2.31 bits per heavy atom. The largest absolute Gasteiger partial charge is 0.508 e. The third kappa shape index (κ3) is 4.48. The quantitative estimate of drug-likeness (QED) is 0.539. The Balaban J connectivity index is 1.47. The lowest BCUT2D eigenvalue weighted by Gasteiger charge is -2.33. The van der Waals surface area contributed by atoms with Crippen LogP contribution in [0, 0.1) is 10.1 Å². The number of hydrogen-bond donors (Lipinski definition) is 3. The molecule has 0 unspecified atom stereocenters. The summed E-state index contributed by atoms with van der Waals surface area (Å²) >= 11 is 0. The highest BCUT2D eigenvalue weighted by molar-refractivity contribution is 5.91. The number of nitrogens with zero attached hydrogens (tertiary/aromatic N) is 2. The molecule has 2 aromatic carbocycles. The summed E-state index contributed by atoms with van der Waals surface area (Å²) in [6.07, 6.45) is 0. The molecule has 0 aromatic heterocycles. The lowest BCUT2D eigenvalue weighted by Crippen LogP contribution is -3.15. The van der Waals surface area contributed by atoms with Crippen LogP contribution in [0.4, 0.5) is 17.1 Å². The molecule has 0 bridgehead atoms. The summed E-state index contributed by atoms with van der Waals surface area (Å²) in [5.41, 5.74) is 1.62. The molecule has 0 atom stereocenters. The van der Waals surface area contributed by atoms with Gasteiger partial charge in [-0.15, -0.1) is 0 Å². The number of nitrogens with one attached hydrogen (secondary N) is 2. The molecule has 1 saturated heterocycles. The van der Waals surface area contributed by atoms with Gasteiger partial charge in [0.1, 0.15) is 5.75 Å². The van der Waals surface area contributed by atoms with Crippen molar-refractivity contribution in [1.29, 1.82) is 0 Å². The van der Waals surface area contributed by atoms with Crippen LogP contribution >= 0.6 is 0 Å². The number of phenolic OH excluding ortho intramolecular Hbond substituents is 1.